The molecular weight excluding hydrogens is 311 g/mol. The van der Waals surface area contributed by atoms with Crippen LogP contribution in [0.25, 0.3) is 0 Å². The van der Waals surface area contributed by atoms with Gasteiger partial charge in [0.25, 0.3) is 0 Å². The highest BCUT2D eigenvalue weighted by atomic mass is 35.5. The molecule has 0 aromatic carbocycles. The number of nitrogens with zero attached hydrogens (tertiary/aromatic N) is 1. The molecule has 0 spiro atoms. The smallest absolute Gasteiger partial charge is 0.306 e. The van der Waals surface area contributed by atoms with Gasteiger partial charge in [-0.1, -0.05) is 23.2 Å². The number of hydrogen-bond donors (Lipinski definition) is 1. The van der Waals surface area contributed by atoms with Crippen molar-refractivity contribution in [1.29, 1.82) is 0 Å². The van der Waals surface area contributed by atoms with E-state index in [0.717, 1.165) is 25.1 Å². The van der Waals surface area contributed by atoms with Crippen LogP contribution >= 0.6 is 35.6 Å². The normalized spacial score (nSPS) is 17.9. The highest BCUT2D eigenvalue weighted by Gasteiger charge is 2.18. The Balaban J connectivity index is 0.00000180. The van der Waals surface area contributed by atoms with Gasteiger partial charge < -0.3 is 10.1 Å². The van der Waals surface area contributed by atoms with E-state index in [1.807, 2.05) is 0 Å². The molecule has 2 heterocycles. The lowest BCUT2D eigenvalue weighted by molar-refractivity contribution is -0.145. The van der Waals surface area contributed by atoms with Gasteiger partial charge in [0, 0.05) is 6.42 Å². The predicted molar refractivity (Wildman–Crippen MR) is 76.9 cm³/mol. The van der Waals surface area contributed by atoms with Gasteiger partial charge in [-0.15, -0.1) is 12.4 Å². The Morgan fingerprint density at radius 1 is 1.42 bits per heavy atom. The van der Waals surface area contributed by atoms with E-state index in [1.54, 1.807) is 12.1 Å². The Labute approximate surface area is 128 Å². The van der Waals surface area contributed by atoms with Crippen LogP contribution < -0.4 is 5.32 Å². The summed E-state index contributed by atoms with van der Waals surface area (Å²) in [6.45, 7) is 2.05. The molecule has 0 unspecified atom stereocenters. The molecule has 0 bridgehead atoms. The van der Waals surface area contributed by atoms with E-state index < -0.39 is 0 Å². The average molecular weight is 326 g/mol. The SMILES string of the molecule is Cl.O=C(C[C@H]1CCNC1)OCc1cc(Cl)nc(Cl)c1. The molecule has 2 rings (SSSR count). The Morgan fingerprint density at radius 3 is 2.68 bits per heavy atom. The minimum Gasteiger partial charge on any atom is -0.461 e. The number of esters is 1. The standard InChI is InChI=1S/C12H14Cl2N2O2.ClH/c13-10-3-9(4-11(14)16-10)7-18-12(17)5-8-1-2-15-6-8;/h3-4,8,15H,1-2,5-7H2;1H/t8-;/m1./s1. The van der Waals surface area contributed by atoms with Crippen LogP contribution in [-0.4, -0.2) is 24.0 Å². The molecule has 4 nitrogen and oxygen atoms in total. The van der Waals surface area contributed by atoms with Gasteiger partial charge in [-0.25, -0.2) is 4.98 Å². The number of carbonyl (C=O) groups is 1. The molecule has 0 aliphatic carbocycles. The second-order valence-corrected chi connectivity index (χ2v) is 5.12. The number of nitrogens with one attached hydrogen (secondary N) is 1. The third-order valence-electron chi connectivity index (χ3n) is 2.84. The van der Waals surface area contributed by atoms with Crippen molar-refractivity contribution in [2.24, 2.45) is 5.92 Å². The fourth-order valence-corrected chi connectivity index (χ4v) is 2.45. The summed E-state index contributed by atoms with van der Waals surface area (Å²) in [6.07, 6.45) is 1.49. The maximum absolute atomic E-state index is 11.6. The predicted octanol–water partition coefficient (Wildman–Crippen LogP) is 2.85. The molecule has 0 saturated carbocycles. The van der Waals surface area contributed by atoms with E-state index >= 15 is 0 Å². The van der Waals surface area contributed by atoms with Crippen LogP contribution in [0.5, 0.6) is 0 Å². The van der Waals surface area contributed by atoms with Crippen molar-refractivity contribution in [3.05, 3.63) is 28.0 Å². The largest absolute Gasteiger partial charge is 0.461 e. The van der Waals surface area contributed by atoms with Crippen LogP contribution in [0.15, 0.2) is 12.1 Å². The van der Waals surface area contributed by atoms with E-state index in [1.165, 1.54) is 0 Å². The van der Waals surface area contributed by atoms with E-state index in [9.17, 15) is 4.79 Å². The molecular formula is C12H15Cl3N2O2. The molecule has 7 heteroatoms. The summed E-state index contributed by atoms with van der Waals surface area (Å²) < 4.78 is 5.19. The second-order valence-electron chi connectivity index (χ2n) is 4.34. The molecule has 1 aromatic heterocycles. The molecule has 1 aliphatic rings. The first kappa shape index (κ1) is 16.5. The summed E-state index contributed by atoms with van der Waals surface area (Å²) in [5.74, 6) is 0.204. The van der Waals surface area contributed by atoms with Crippen molar-refractivity contribution in [1.82, 2.24) is 10.3 Å². The summed E-state index contributed by atoms with van der Waals surface area (Å²) in [5.41, 5.74) is 0.748. The van der Waals surface area contributed by atoms with Gasteiger partial charge in [0.2, 0.25) is 0 Å². The van der Waals surface area contributed by atoms with Crippen molar-refractivity contribution < 1.29 is 9.53 Å². The molecule has 106 valence electrons. The zero-order valence-corrected chi connectivity index (χ0v) is 12.5. The first-order valence-electron chi connectivity index (χ1n) is 5.82. The van der Waals surface area contributed by atoms with E-state index in [4.69, 9.17) is 27.9 Å². The van der Waals surface area contributed by atoms with Gasteiger partial charge >= 0.3 is 5.97 Å². The molecule has 1 N–H and O–H groups in total. The fourth-order valence-electron chi connectivity index (χ4n) is 1.94. The first-order valence-corrected chi connectivity index (χ1v) is 6.57. The maximum atomic E-state index is 11.6. The van der Waals surface area contributed by atoms with Crippen LogP contribution in [0.4, 0.5) is 0 Å². The van der Waals surface area contributed by atoms with Gasteiger partial charge in [-0.3, -0.25) is 4.79 Å². The maximum Gasteiger partial charge on any atom is 0.306 e. The van der Waals surface area contributed by atoms with Crippen molar-refractivity contribution >= 4 is 41.6 Å². The van der Waals surface area contributed by atoms with Crippen molar-refractivity contribution in [2.75, 3.05) is 13.1 Å². The summed E-state index contributed by atoms with van der Waals surface area (Å²) in [7, 11) is 0. The number of rotatable bonds is 4. The lowest BCUT2D eigenvalue weighted by Crippen LogP contribution is -2.14. The van der Waals surface area contributed by atoms with E-state index in [0.29, 0.717) is 22.6 Å². The van der Waals surface area contributed by atoms with Crippen molar-refractivity contribution in [3.8, 4) is 0 Å². The number of carbonyl (C=O) groups excluding carboxylic acids is 1. The van der Waals surface area contributed by atoms with Gasteiger partial charge in [0.05, 0.1) is 0 Å². The van der Waals surface area contributed by atoms with Crippen LogP contribution in [0, 0.1) is 5.92 Å². The molecule has 1 aromatic rings. The number of hydrogen-bond acceptors (Lipinski definition) is 4. The second kappa shape index (κ2) is 7.90. The summed E-state index contributed by atoms with van der Waals surface area (Å²) in [6, 6.07) is 3.27. The summed E-state index contributed by atoms with van der Waals surface area (Å²) in [4.78, 5) is 15.4. The fraction of sp³-hybridized carbons (Fsp3) is 0.500. The topological polar surface area (TPSA) is 51.2 Å². The highest BCUT2D eigenvalue weighted by Crippen LogP contribution is 2.17. The van der Waals surface area contributed by atoms with Crippen LogP contribution in [-0.2, 0) is 16.1 Å². The molecule has 1 fully saturated rings. The summed E-state index contributed by atoms with van der Waals surface area (Å²) in [5, 5.41) is 3.81. The van der Waals surface area contributed by atoms with Crippen molar-refractivity contribution in [2.45, 2.75) is 19.4 Å². The third kappa shape index (κ3) is 5.53. The Hall–Kier alpha value is -0.550. The van der Waals surface area contributed by atoms with Gasteiger partial charge in [-0.05, 0) is 43.1 Å². The minimum atomic E-state index is -0.187. The van der Waals surface area contributed by atoms with Gasteiger partial charge in [0.15, 0.2) is 0 Å². The lowest BCUT2D eigenvalue weighted by Gasteiger charge is -2.09. The number of pyridine rings is 1. The van der Waals surface area contributed by atoms with Crippen LogP contribution in [0.1, 0.15) is 18.4 Å². The number of halogens is 3. The molecule has 0 amide bonds. The Kier molecular flexibility index (Phi) is 6.86. The molecule has 1 atom stereocenters. The van der Waals surface area contributed by atoms with Gasteiger partial charge in [0.1, 0.15) is 16.9 Å². The quantitative estimate of drug-likeness (QED) is 0.683. The number of ether oxygens (including phenoxy) is 1. The van der Waals surface area contributed by atoms with Crippen molar-refractivity contribution in [3.63, 3.8) is 0 Å². The highest BCUT2D eigenvalue weighted by molar-refractivity contribution is 6.32. The number of aromatic nitrogens is 1. The first-order chi connectivity index (χ1) is 8.63. The zero-order chi connectivity index (χ0) is 13.0. The average Bonchev–Trinajstić information content (AvgIpc) is 2.78. The molecule has 1 aliphatic heterocycles. The zero-order valence-electron chi connectivity index (χ0n) is 10.2. The lowest BCUT2D eigenvalue weighted by atomic mass is 10.1. The third-order valence-corrected chi connectivity index (χ3v) is 3.23. The van der Waals surface area contributed by atoms with E-state index in [-0.39, 0.29) is 25.0 Å². The Bertz CT molecular complexity index is 417. The Morgan fingerprint density at radius 2 is 2.11 bits per heavy atom. The molecule has 0 radical (unpaired) electrons. The van der Waals surface area contributed by atoms with E-state index in [2.05, 4.69) is 10.3 Å². The van der Waals surface area contributed by atoms with Crippen LogP contribution in [0.2, 0.25) is 10.3 Å². The summed E-state index contributed by atoms with van der Waals surface area (Å²) >= 11 is 11.5. The molecule has 19 heavy (non-hydrogen) atoms. The monoisotopic (exact) mass is 324 g/mol. The van der Waals surface area contributed by atoms with Gasteiger partial charge in [-0.2, -0.15) is 0 Å². The minimum absolute atomic E-state index is 0. The van der Waals surface area contributed by atoms with Crippen LogP contribution in [0.3, 0.4) is 0 Å². The molecule has 1 saturated heterocycles.